The third-order valence-electron chi connectivity index (χ3n) is 3.43. The summed E-state index contributed by atoms with van der Waals surface area (Å²) in [7, 11) is 0. The molecule has 1 aliphatic rings. The molecule has 0 amide bonds. The lowest BCUT2D eigenvalue weighted by molar-refractivity contribution is 0.180. The summed E-state index contributed by atoms with van der Waals surface area (Å²) >= 11 is 0. The van der Waals surface area contributed by atoms with E-state index in [2.05, 4.69) is 26.8 Å². The van der Waals surface area contributed by atoms with Crippen molar-refractivity contribution in [1.82, 2.24) is 0 Å². The van der Waals surface area contributed by atoms with Crippen LogP contribution in [0.5, 0.6) is 0 Å². The van der Waals surface area contributed by atoms with E-state index in [9.17, 15) is 5.11 Å². The highest BCUT2D eigenvalue weighted by Gasteiger charge is 2.29. The van der Waals surface area contributed by atoms with Crippen molar-refractivity contribution in [1.29, 1.82) is 0 Å². The molecule has 0 spiro atoms. The zero-order chi connectivity index (χ0) is 9.19. The Hall–Kier alpha value is -0.300. The van der Waals surface area contributed by atoms with Gasteiger partial charge in [-0.3, -0.25) is 0 Å². The van der Waals surface area contributed by atoms with E-state index in [1.54, 1.807) is 0 Å². The maximum atomic E-state index is 9.40. The van der Waals surface area contributed by atoms with Gasteiger partial charge in [0.05, 0.1) is 6.10 Å². The molecule has 0 aromatic carbocycles. The van der Waals surface area contributed by atoms with Crippen LogP contribution in [0.15, 0.2) is 11.6 Å². The minimum absolute atomic E-state index is 0.0996. The predicted molar refractivity (Wildman–Crippen MR) is 52.0 cm³/mol. The van der Waals surface area contributed by atoms with Gasteiger partial charge in [0.1, 0.15) is 0 Å². The quantitative estimate of drug-likeness (QED) is 0.642. The van der Waals surface area contributed by atoms with Gasteiger partial charge in [-0.1, -0.05) is 32.4 Å². The van der Waals surface area contributed by atoms with Crippen molar-refractivity contribution >= 4 is 0 Å². The second-order valence-corrected chi connectivity index (χ2v) is 4.09. The Labute approximate surface area is 75.5 Å². The second kappa shape index (κ2) is 3.61. The summed E-state index contributed by atoms with van der Waals surface area (Å²) in [5, 5.41) is 9.40. The molecule has 0 aliphatic heterocycles. The molecular weight excluding hydrogens is 148 g/mol. The van der Waals surface area contributed by atoms with Gasteiger partial charge >= 0.3 is 0 Å². The fourth-order valence-electron chi connectivity index (χ4n) is 1.90. The van der Waals surface area contributed by atoms with Crippen LogP contribution in [0.25, 0.3) is 0 Å². The number of aliphatic hydroxyl groups is 1. The predicted octanol–water partition coefficient (Wildman–Crippen LogP) is 2.89. The largest absolute Gasteiger partial charge is 0.392 e. The average Bonchev–Trinajstić information content (AvgIpc) is 2.51. The molecule has 0 saturated carbocycles. The average molecular weight is 168 g/mol. The molecule has 0 aromatic rings. The fraction of sp³-hybridized carbons (Fsp3) is 0.818. The highest BCUT2D eigenvalue weighted by Crippen LogP contribution is 2.40. The van der Waals surface area contributed by atoms with Crippen molar-refractivity contribution in [2.24, 2.45) is 5.41 Å². The van der Waals surface area contributed by atoms with Crippen molar-refractivity contribution in [3.8, 4) is 0 Å². The minimum atomic E-state index is -0.0996. The molecule has 70 valence electrons. The fourth-order valence-corrected chi connectivity index (χ4v) is 1.90. The van der Waals surface area contributed by atoms with Gasteiger partial charge < -0.3 is 5.11 Å². The zero-order valence-corrected chi connectivity index (χ0v) is 8.43. The van der Waals surface area contributed by atoms with E-state index in [0.717, 1.165) is 12.8 Å². The van der Waals surface area contributed by atoms with Crippen LogP contribution in [0, 0.1) is 5.41 Å². The zero-order valence-electron chi connectivity index (χ0n) is 8.43. The van der Waals surface area contributed by atoms with Crippen LogP contribution < -0.4 is 0 Å². The number of aliphatic hydroxyl groups excluding tert-OH is 1. The Kier molecular flexibility index (Phi) is 2.94. The van der Waals surface area contributed by atoms with E-state index in [1.807, 2.05) is 0 Å². The van der Waals surface area contributed by atoms with Crippen molar-refractivity contribution in [3.05, 3.63) is 11.6 Å². The lowest BCUT2D eigenvalue weighted by atomic mass is 9.77. The van der Waals surface area contributed by atoms with Crippen molar-refractivity contribution in [2.75, 3.05) is 0 Å². The van der Waals surface area contributed by atoms with Gasteiger partial charge in [-0.15, -0.1) is 0 Å². The molecule has 1 heteroatoms. The van der Waals surface area contributed by atoms with Crippen LogP contribution >= 0.6 is 0 Å². The number of hydrogen-bond acceptors (Lipinski definition) is 1. The van der Waals surface area contributed by atoms with Gasteiger partial charge in [0.25, 0.3) is 0 Å². The molecule has 0 saturated heterocycles. The lowest BCUT2D eigenvalue weighted by Crippen LogP contribution is -2.17. The van der Waals surface area contributed by atoms with Gasteiger partial charge in [-0.25, -0.2) is 0 Å². The highest BCUT2D eigenvalue weighted by atomic mass is 16.3. The number of rotatable bonds is 3. The first kappa shape index (κ1) is 9.79. The van der Waals surface area contributed by atoms with E-state index in [-0.39, 0.29) is 6.10 Å². The maximum absolute atomic E-state index is 9.40. The van der Waals surface area contributed by atoms with E-state index in [0.29, 0.717) is 5.41 Å². The highest BCUT2D eigenvalue weighted by molar-refractivity contribution is 5.19. The molecular formula is C11H20O. The summed E-state index contributed by atoms with van der Waals surface area (Å²) in [4.78, 5) is 0. The summed E-state index contributed by atoms with van der Waals surface area (Å²) in [5.74, 6) is 0. The van der Waals surface area contributed by atoms with E-state index >= 15 is 0 Å². The molecule has 1 nitrogen and oxygen atoms in total. The van der Waals surface area contributed by atoms with Gasteiger partial charge in [0.2, 0.25) is 0 Å². The Balaban J connectivity index is 2.68. The van der Waals surface area contributed by atoms with Crippen molar-refractivity contribution < 1.29 is 5.11 Å². The number of hydrogen-bond donors (Lipinski definition) is 1. The Morgan fingerprint density at radius 3 is 2.42 bits per heavy atom. The van der Waals surface area contributed by atoms with Gasteiger partial charge in [0, 0.05) is 0 Å². The first-order chi connectivity index (χ1) is 5.62. The molecule has 1 aliphatic carbocycles. The summed E-state index contributed by atoms with van der Waals surface area (Å²) in [6.45, 7) is 6.76. The van der Waals surface area contributed by atoms with Crippen molar-refractivity contribution in [2.45, 2.75) is 52.6 Å². The Bertz CT molecular complexity index is 177. The smallest absolute Gasteiger partial charge is 0.0612 e. The summed E-state index contributed by atoms with van der Waals surface area (Å²) in [6, 6.07) is 0. The van der Waals surface area contributed by atoms with Crippen LogP contribution in [-0.2, 0) is 0 Å². The maximum Gasteiger partial charge on any atom is 0.0612 e. The molecule has 0 bridgehead atoms. The molecule has 0 radical (unpaired) electrons. The van der Waals surface area contributed by atoms with Crippen LogP contribution in [-0.4, -0.2) is 11.2 Å². The molecule has 1 atom stereocenters. The van der Waals surface area contributed by atoms with Gasteiger partial charge in [-0.2, -0.15) is 0 Å². The van der Waals surface area contributed by atoms with Crippen molar-refractivity contribution in [3.63, 3.8) is 0 Å². The topological polar surface area (TPSA) is 20.2 Å². The Morgan fingerprint density at radius 1 is 1.50 bits per heavy atom. The SMILES string of the molecule is CCC(C)(CC)C1=CCC(O)C1. The van der Waals surface area contributed by atoms with Gasteiger partial charge in [0.15, 0.2) is 0 Å². The normalized spacial score (nSPS) is 24.3. The lowest BCUT2D eigenvalue weighted by Gasteiger charge is -2.28. The van der Waals surface area contributed by atoms with E-state index in [4.69, 9.17) is 0 Å². The molecule has 12 heavy (non-hydrogen) atoms. The van der Waals surface area contributed by atoms with Crippen LogP contribution in [0.3, 0.4) is 0 Å². The third kappa shape index (κ3) is 1.71. The van der Waals surface area contributed by atoms with Crippen LogP contribution in [0.4, 0.5) is 0 Å². The summed E-state index contributed by atoms with van der Waals surface area (Å²) < 4.78 is 0. The Morgan fingerprint density at radius 2 is 2.08 bits per heavy atom. The molecule has 1 unspecified atom stereocenters. The standard InChI is InChI=1S/C11H20O/c1-4-11(3,5-2)9-6-7-10(12)8-9/h6,10,12H,4-5,7-8H2,1-3H3. The monoisotopic (exact) mass is 168 g/mol. The molecule has 1 rings (SSSR count). The summed E-state index contributed by atoms with van der Waals surface area (Å²) in [5.41, 5.74) is 1.82. The first-order valence-electron chi connectivity index (χ1n) is 5.00. The summed E-state index contributed by atoms with van der Waals surface area (Å²) in [6.07, 6.45) is 6.27. The van der Waals surface area contributed by atoms with Gasteiger partial charge in [-0.05, 0) is 31.1 Å². The minimum Gasteiger partial charge on any atom is -0.392 e. The van der Waals surface area contributed by atoms with Crippen LogP contribution in [0.1, 0.15) is 46.5 Å². The molecule has 0 aromatic heterocycles. The molecule has 1 N–H and O–H groups in total. The molecule has 0 heterocycles. The third-order valence-corrected chi connectivity index (χ3v) is 3.43. The van der Waals surface area contributed by atoms with E-state index < -0.39 is 0 Å². The first-order valence-corrected chi connectivity index (χ1v) is 5.00. The second-order valence-electron chi connectivity index (χ2n) is 4.09. The van der Waals surface area contributed by atoms with Crippen LogP contribution in [0.2, 0.25) is 0 Å². The molecule has 0 fully saturated rings. The van der Waals surface area contributed by atoms with E-state index in [1.165, 1.54) is 18.4 Å².